The van der Waals surface area contributed by atoms with Crippen molar-refractivity contribution in [2.75, 3.05) is 24.6 Å². The molecule has 2 rings (SSSR count). The number of nitrogen functional groups attached to an aromatic ring is 1. The summed E-state index contributed by atoms with van der Waals surface area (Å²) >= 11 is 0. The number of aromatic nitrogens is 1. The number of hydrogen-bond donors (Lipinski definition) is 2. The lowest BCUT2D eigenvalue weighted by atomic mass is 10.2. The maximum absolute atomic E-state index is 12.9. The molecule has 21 heavy (non-hydrogen) atoms. The van der Waals surface area contributed by atoms with Crippen LogP contribution in [0.5, 0.6) is 0 Å². The molecule has 0 fully saturated rings. The van der Waals surface area contributed by atoms with Crippen LogP contribution in [0.2, 0.25) is 0 Å². The normalized spacial score (nSPS) is 10.6. The van der Waals surface area contributed by atoms with E-state index in [0.29, 0.717) is 12.2 Å². The highest BCUT2D eigenvalue weighted by molar-refractivity contribution is 5.95. The number of nitrogens with one attached hydrogen (secondary N) is 1. The van der Waals surface area contributed by atoms with Gasteiger partial charge in [-0.3, -0.25) is 14.7 Å². The molecule has 1 amide bonds. The summed E-state index contributed by atoms with van der Waals surface area (Å²) in [6, 6.07) is 7.67. The lowest BCUT2D eigenvalue weighted by Gasteiger charge is -2.16. The Labute approximate surface area is 122 Å². The minimum Gasteiger partial charge on any atom is -0.397 e. The Balaban J connectivity index is 1.89. The lowest BCUT2D eigenvalue weighted by Crippen LogP contribution is -2.30. The number of pyridine rings is 1. The molecule has 0 saturated carbocycles. The summed E-state index contributed by atoms with van der Waals surface area (Å²) in [4.78, 5) is 17.7. The first-order valence-electron chi connectivity index (χ1n) is 6.47. The van der Waals surface area contributed by atoms with Gasteiger partial charge in [0.05, 0.1) is 17.9 Å². The summed E-state index contributed by atoms with van der Waals surface area (Å²) in [5, 5.41) is 2.67. The second-order valence-electron chi connectivity index (χ2n) is 4.81. The summed E-state index contributed by atoms with van der Waals surface area (Å²) in [6.07, 6.45) is 3.42. The van der Waals surface area contributed by atoms with Gasteiger partial charge in [-0.15, -0.1) is 0 Å². The van der Waals surface area contributed by atoms with Gasteiger partial charge >= 0.3 is 0 Å². The van der Waals surface area contributed by atoms with E-state index >= 15 is 0 Å². The standard InChI is InChI=1S/C15H17FN4O/c1-20(9-11-4-6-18-7-5-11)10-15(21)19-14-3-2-12(16)8-13(14)17/h2-8H,9-10,17H2,1H3,(H,19,21). The fourth-order valence-electron chi connectivity index (χ4n) is 1.94. The molecule has 0 spiro atoms. The fourth-order valence-corrected chi connectivity index (χ4v) is 1.94. The zero-order chi connectivity index (χ0) is 15.2. The van der Waals surface area contributed by atoms with Crippen LogP contribution in [-0.2, 0) is 11.3 Å². The number of carbonyl (C=O) groups excluding carboxylic acids is 1. The first-order valence-corrected chi connectivity index (χ1v) is 6.47. The first-order chi connectivity index (χ1) is 10.0. The summed E-state index contributed by atoms with van der Waals surface area (Å²) in [6.45, 7) is 0.841. The van der Waals surface area contributed by atoms with E-state index in [4.69, 9.17) is 5.73 Å². The molecule has 0 unspecified atom stereocenters. The van der Waals surface area contributed by atoms with E-state index in [0.717, 1.165) is 5.56 Å². The monoisotopic (exact) mass is 288 g/mol. The lowest BCUT2D eigenvalue weighted by molar-refractivity contribution is -0.117. The van der Waals surface area contributed by atoms with Gasteiger partial charge in [-0.2, -0.15) is 0 Å². The van der Waals surface area contributed by atoms with Crippen molar-refractivity contribution in [3.05, 3.63) is 54.1 Å². The van der Waals surface area contributed by atoms with Crippen molar-refractivity contribution in [3.8, 4) is 0 Å². The minimum atomic E-state index is -0.430. The number of hydrogen-bond acceptors (Lipinski definition) is 4. The van der Waals surface area contributed by atoms with Gasteiger partial charge in [0.15, 0.2) is 0 Å². The molecule has 5 nitrogen and oxygen atoms in total. The van der Waals surface area contributed by atoms with Gasteiger partial charge in [0.1, 0.15) is 5.82 Å². The van der Waals surface area contributed by atoms with E-state index < -0.39 is 5.82 Å². The summed E-state index contributed by atoms with van der Waals surface area (Å²) < 4.78 is 12.9. The predicted octanol–water partition coefficient (Wildman–Crippen LogP) is 1.87. The van der Waals surface area contributed by atoms with Crippen LogP contribution in [0, 0.1) is 5.82 Å². The molecule has 3 N–H and O–H groups in total. The van der Waals surface area contributed by atoms with Crippen molar-refractivity contribution in [2.45, 2.75) is 6.54 Å². The Morgan fingerprint density at radius 3 is 2.71 bits per heavy atom. The smallest absolute Gasteiger partial charge is 0.238 e. The average Bonchev–Trinajstić information content (AvgIpc) is 2.43. The van der Waals surface area contributed by atoms with E-state index in [2.05, 4.69) is 10.3 Å². The van der Waals surface area contributed by atoms with Gasteiger partial charge in [-0.05, 0) is 42.9 Å². The maximum Gasteiger partial charge on any atom is 0.238 e. The average molecular weight is 288 g/mol. The van der Waals surface area contributed by atoms with Crippen molar-refractivity contribution >= 4 is 17.3 Å². The molecule has 0 aliphatic rings. The second kappa shape index (κ2) is 6.81. The number of carbonyl (C=O) groups is 1. The van der Waals surface area contributed by atoms with E-state index in [9.17, 15) is 9.18 Å². The van der Waals surface area contributed by atoms with Crippen LogP contribution in [0.3, 0.4) is 0 Å². The zero-order valence-corrected chi connectivity index (χ0v) is 11.7. The number of benzene rings is 1. The molecular formula is C15H17FN4O. The molecule has 110 valence electrons. The molecule has 0 bridgehead atoms. The fraction of sp³-hybridized carbons (Fsp3) is 0.200. The third-order valence-corrected chi connectivity index (χ3v) is 2.90. The molecule has 1 aromatic carbocycles. The molecule has 0 aliphatic heterocycles. The van der Waals surface area contributed by atoms with Crippen LogP contribution in [0.15, 0.2) is 42.7 Å². The quantitative estimate of drug-likeness (QED) is 0.824. The van der Waals surface area contributed by atoms with E-state index in [1.165, 1.54) is 18.2 Å². The van der Waals surface area contributed by atoms with E-state index in [1.54, 1.807) is 12.4 Å². The predicted molar refractivity (Wildman–Crippen MR) is 80.0 cm³/mol. The Kier molecular flexibility index (Phi) is 4.84. The number of anilines is 2. The van der Waals surface area contributed by atoms with Crippen molar-refractivity contribution in [1.29, 1.82) is 0 Å². The minimum absolute atomic E-state index is 0.204. The summed E-state index contributed by atoms with van der Waals surface area (Å²) in [5.74, 6) is -0.634. The number of likely N-dealkylation sites (N-methyl/N-ethyl adjacent to an activating group) is 1. The molecule has 0 aliphatic carbocycles. The van der Waals surface area contributed by atoms with Crippen LogP contribution >= 0.6 is 0 Å². The summed E-state index contributed by atoms with van der Waals surface area (Å²) in [7, 11) is 1.84. The third-order valence-electron chi connectivity index (χ3n) is 2.90. The highest BCUT2D eigenvalue weighted by atomic mass is 19.1. The van der Waals surface area contributed by atoms with Gasteiger partial charge in [-0.25, -0.2) is 4.39 Å². The van der Waals surface area contributed by atoms with E-state index in [1.807, 2.05) is 24.1 Å². The van der Waals surface area contributed by atoms with Crippen LogP contribution in [0.4, 0.5) is 15.8 Å². The van der Waals surface area contributed by atoms with Gasteiger partial charge < -0.3 is 11.1 Å². The molecule has 0 radical (unpaired) electrons. The Hall–Kier alpha value is -2.47. The van der Waals surface area contributed by atoms with Gasteiger partial charge in [0.2, 0.25) is 5.91 Å². The van der Waals surface area contributed by atoms with Gasteiger partial charge in [0.25, 0.3) is 0 Å². The number of rotatable bonds is 5. The molecule has 2 aromatic rings. The Morgan fingerprint density at radius 1 is 1.33 bits per heavy atom. The topological polar surface area (TPSA) is 71.2 Å². The SMILES string of the molecule is CN(CC(=O)Nc1ccc(F)cc1N)Cc1ccncc1. The van der Waals surface area contributed by atoms with Crippen LogP contribution < -0.4 is 11.1 Å². The van der Waals surface area contributed by atoms with Crippen molar-refractivity contribution < 1.29 is 9.18 Å². The van der Waals surface area contributed by atoms with Crippen molar-refractivity contribution in [1.82, 2.24) is 9.88 Å². The van der Waals surface area contributed by atoms with Crippen LogP contribution in [0.1, 0.15) is 5.56 Å². The van der Waals surface area contributed by atoms with Crippen molar-refractivity contribution in [2.24, 2.45) is 0 Å². The molecule has 0 saturated heterocycles. The van der Waals surface area contributed by atoms with Gasteiger partial charge in [0, 0.05) is 18.9 Å². The Morgan fingerprint density at radius 2 is 2.05 bits per heavy atom. The number of nitrogens with zero attached hydrogens (tertiary/aromatic N) is 2. The number of halogens is 1. The van der Waals surface area contributed by atoms with E-state index in [-0.39, 0.29) is 18.1 Å². The highest BCUT2D eigenvalue weighted by Crippen LogP contribution is 2.18. The van der Waals surface area contributed by atoms with Crippen molar-refractivity contribution in [3.63, 3.8) is 0 Å². The first kappa shape index (κ1) is 14.9. The second-order valence-corrected chi connectivity index (χ2v) is 4.81. The Bertz CT molecular complexity index is 618. The van der Waals surface area contributed by atoms with Gasteiger partial charge in [-0.1, -0.05) is 0 Å². The molecular weight excluding hydrogens is 271 g/mol. The largest absolute Gasteiger partial charge is 0.397 e. The molecule has 1 aromatic heterocycles. The third kappa shape index (κ3) is 4.54. The molecule has 6 heteroatoms. The van der Waals surface area contributed by atoms with Crippen LogP contribution in [-0.4, -0.2) is 29.4 Å². The zero-order valence-electron chi connectivity index (χ0n) is 11.7. The van der Waals surface area contributed by atoms with Crippen LogP contribution in [0.25, 0.3) is 0 Å². The molecule has 1 heterocycles. The highest BCUT2D eigenvalue weighted by Gasteiger charge is 2.09. The molecule has 0 atom stereocenters. The maximum atomic E-state index is 12.9. The number of nitrogens with two attached hydrogens (primary N) is 1. The summed E-state index contributed by atoms with van der Waals surface area (Å²) in [5.41, 5.74) is 7.34. The number of amides is 1.